The highest BCUT2D eigenvalue weighted by Gasteiger charge is 2.22. The summed E-state index contributed by atoms with van der Waals surface area (Å²) in [6.07, 6.45) is 1.51. The van der Waals surface area contributed by atoms with Crippen molar-refractivity contribution in [3.8, 4) is 0 Å². The molecule has 0 aliphatic heterocycles. The van der Waals surface area contributed by atoms with Crippen LogP contribution >= 0.6 is 11.6 Å². The number of hydrogen-bond acceptors (Lipinski definition) is 4. The van der Waals surface area contributed by atoms with E-state index in [1.165, 1.54) is 37.5 Å². The number of hydrazone groups is 1. The lowest BCUT2D eigenvalue weighted by atomic mass is 10.1. The topological polar surface area (TPSA) is 78.8 Å². The fourth-order valence-corrected chi connectivity index (χ4v) is 3.83. The molecule has 0 radical (unpaired) electrons. The second-order valence-electron chi connectivity index (χ2n) is 6.11. The molecule has 1 amide bonds. The minimum absolute atomic E-state index is 0.0619. The summed E-state index contributed by atoms with van der Waals surface area (Å²) in [5.41, 5.74) is 3.17. The highest BCUT2D eigenvalue weighted by Crippen LogP contribution is 2.17. The summed E-state index contributed by atoms with van der Waals surface area (Å²) < 4.78 is 25.9. The van der Waals surface area contributed by atoms with Crippen LogP contribution in [0.4, 0.5) is 0 Å². The summed E-state index contributed by atoms with van der Waals surface area (Å²) in [6.45, 7) is -0.361. The third kappa shape index (κ3) is 4.75. The van der Waals surface area contributed by atoms with Crippen molar-refractivity contribution in [1.82, 2.24) is 9.73 Å². The molecule has 3 rings (SSSR count). The van der Waals surface area contributed by atoms with Crippen molar-refractivity contribution in [2.45, 2.75) is 4.90 Å². The van der Waals surface area contributed by atoms with E-state index in [0.29, 0.717) is 5.02 Å². The number of hydrogen-bond donors (Lipinski definition) is 1. The van der Waals surface area contributed by atoms with E-state index < -0.39 is 15.9 Å². The van der Waals surface area contributed by atoms with Gasteiger partial charge in [-0.05, 0) is 46.7 Å². The zero-order valence-electron chi connectivity index (χ0n) is 15.0. The fraction of sp³-hybridized carbons (Fsp3) is 0.100. The predicted octanol–water partition coefficient (Wildman–Crippen LogP) is 3.26. The van der Waals surface area contributed by atoms with E-state index >= 15 is 0 Å². The summed E-state index contributed by atoms with van der Waals surface area (Å²) in [4.78, 5) is 12.1. The third-order valence-corrected chi connectivity index (χ3v) is 6.13. The first-order valence-corrected chi connectivity index (χ1v) is 10.2. The van der Waals surface area contributed by atoms with Gasteiger partial charge in [-0.2, -0.15) is 9.41 Å². The SMILES string of the molecule is CN(CC(=O)N/N=C\c1ccc2ccccc2c1)S(=O)(=O)c1ccc(Cl)cc1. The van der Waals surface area contributed by atoms with E-state index in [4.69, 9.17) is 11.6 Å². The number of likely N-dealkylation sites (N-methyl/N-ethyl adjacent to an activating group) is 1. The fourth-order valence-electron chi connectivity index (χ4n) is 2.58. The maximum Gasteiger partial charge on any atom is 0.255 e. The van der Waals surface area contributed by atoms with Crippen molar-refractivity contribution in [3.63, 3.8) is 0 Å². The molecule has 0 fully saturated rings. The van der Waals surface area contributed by atoms with Crippen molar-refractivity contribution in [2.75, 3.05) is 13.6 Å². The van der Waals surface area contributed by atoms with E-state index in [0.717, 1.165) is 20.6 Å². The van der Waals surface area contributed by atoms with Crippen LogP contribution in [0.25, 0.3) is 10.8 Å². The van der Waals surface area contributed by atoms with Crippen molar-refractivity contribution >= 4 is 44.5 Å². The van der Waals surface area contributed by atoms with Gasteiger partial charge in [-0.25, -0.2) is 13.8 Å². The minimum Gasteiger partial charge on any atom is -0.272 e. The number of nitrogens with zero attached hydrogens (tertiary/aromatic N) is 2. The Hall–Kier alpha value is -2.74. The molecular formula is C20H18ClN3O3S. The Labute approximate surface area is 168 Å². The molecule has 8 heteroatoms. The van der Waals surface area contributed by atoms with Crippen LogP contribution in [0.15, 0.2) is 76.7 Å². The Balaban J connectivity index is 1.61. The summed E-state index contributed by atoms with van der Waals surface area (Å²) in [7, 11) is -2.46. The first kappa shape index (κ1) is 20.0. The van der Waals surface area contributed by atoms with Gasteiger partial charge in [0.15, 0.2) is 0 Å². The van der Waals surface area contributed by atoms with Crippen LogP contribution in [0.3, 0.4) is 0 Å². The van der Waals surface area contributed by atoms with Gasteiger partial charge in [0.2, 0.25) is 10.0 Å². The van der Waals surface area contributed by atoms with Gasteiger partial charge in [0.1, 0.15) is 0 Å². The van der Waals surface area contributed by atoms with E-state index in [9.17, 15) is 13.2 Å². The normalized spacial score (nSPS) is 12.0. The van der Waals surface area contributed by atoms with Gasteiger partial charge < -0.3 is 0 Å². The zero-order chi connectivity index (χ0) is 20.1. The second kappa shape index (κ2) is 8.52. The maximum absolute atomic E-state index is 12.5. The first-order chi connectivity index (χ1) is 13.4. The van der Waals surface area contributed by atoms with Crippen LogP contribution in [0.2, 0.25) is 5.02 Å². The molecule has 3 aromatic carbocycles. The Morgan fingerprint density at radius 1 is 1.07 bits per heavy atom. The van der Waals surface area contributed by atoms with Crippen molar-refractivity contribution in [2.24, 2.45) is 5.10 Å². The molecule has 28 heavy (non-hydrogen) atoms. The number of carbonyl (C=O) groups excluding carboxylic acids is 1. The molecule has 0 unspecified atom stereocenters. The zero-order valence-corrected chi connectivity index (χ0v) is 16.6. The number of halogens is 1. The van der Waals surface area contributed by atoms with Gasteiger partial charge in [-0.15, -0.1) is 0 Å². The predicted molar refractivity (Wildman–Crippen MR) is 111 cm³/mol. The summed E-state index contributed by atoms with van der Waals surface area (Å²) >= 11 is 5.78. The lowest BCUT2D eigenvalue weighted by Gasteiger charge is -2.16. The average Bonchev–Trinajstić information content (AvgIpc) is 2.68. The van der Waals surface area contributed by atoms with Gasteiger partial charge in [0.05, 0.1) is 17.7 Å². The van der Waals surface area contributed by atoms with Gasteiger partial charge in [-0.1, -0.05) is 48.0 Å². The highest BCUT2D eigenvalue weighted by molar-refractivity contribution is 7.89. The number of amides is 1. The molecule has 0 aliphatic carbocycles. The summed E-state index contributed by atoms with van der Waals surface area (Å²) in [5, 5.41) is 6.51. The van der Waals surface area contributed by atoms with Gasteiger partial charge in [-0.3, -0.25) is 4.79 Å². The van der Waals surface area contributed by atoms with Crippen LogP contribution in [0.1, 0.15) is 5.56 Å². The number of fused-ring (bicyclic) bond motifs is 1. The van der Waals surface area contributed by atoms with E-state index in [1.54, 1.807) is 0 Å². The number of benzene rings is 3. The highest BCUT2D eigenvalue weighted by atomic mass is 35.5. The molecule has 3 aromatic rings. The molecule has 0 saturated carbocycles. The lowest BCUT2D eigenvalue weighted by molar-refractivity contribution is -0.121. The Bertz CT molecular complexity index is 1130. The molecule has 0 spiro atoms. The van der Waals surface area contributed by atoms with E-state index in [1.807, 2.05) is 42.5 Å². The van der Waals surface area contributed by atoms with Crippen LogP contribution in [0.5, 0.6) is 0 Å². The van der Waals surface area contributed by atoms with E-state index in [2.05, 4.69) is 10.5 Å². The Morgan fingerprint density at radius 2 is 1.75 bits per heavy atom. The molecule has 144 valence electrons. The van der Waals surface area contributed by atoms with Crippen LogP contribution in [0, 0.1) is 0 Å². The summed E-state index contributed by atoms with van der Waals surface area (Å²) in [6, 6.07) is 19.5. The molecule has 0 aromatic heterocycles. The van der Waals surface area contributed by atoms with Crippen molar-refractivity contribution in [1.29, 1.82) is 0 Å². The number of sulfonamides is 1. The standard InChI is InChI=1S/C20H18ClN3O3S/c1-24(28(26,27)19-10-8-18(21)9-11-19)14-20(25)23-22-13-15-6-7-16-4-2-3-5-17(16)12-15/h2-13H,14H2,1H3,(H,23,25)/b22-13-. The Kier molecular flexibility index (Phi) is 6.08. The van der Waals surface area contributed by atoms with Crippen molar-refractivity contribution in [3.05, 3.63) is 77.3 Å². The first-order valence-electron chi connectivity index (χ1n) is 8.39. The smallest absolute Gasteiger partial charge is 0.255 e. The van der Waals surface area contributed by atoms with Crippen LogP contribution < -0.4 is 5.43 Å². The Morgan fingerprint density at radius 3 is 2.46 bits per heavy atom. The molecule has 1 N–H and O–H groups in total. The molecule has 0 aliphatic rings. The minimum atomic E-state index is -3.79. The number of rotatable bonds is 6. The second-order valence-corrected chi connectivity index (χ2v) is 8.60. The summed E-state index contributed by atoms with van der Waals surface area (Å²) in [5.74, 6) is -0.544. The van der Waals surface area contributed by atoms with E-state index in [-0.39, 0.29) is 11.4 Å². The largest absolute Gasteiger partial charge is 0.272 e. The van der Waals surface area contributed by atoms with Crippen molar-refractivity contribution < 1.29 is 13.2 Å². The van der Waals surface area contributed by atoms with Gasteiger partial charge in [0.25, 0.3) is 5.91 Å². The average molecular weight is 416 g/mol. The molecule has 0 heterocycles. The van der Waals surface area contributed by atoms with Crippen LogP contribution in [-0.4, -0.2) is 38.4 Å². The monoisotopic (exact) mass is 415 g/mol. The van der Waals surface area contributed by atoms with Crippen LogP contribution in [-0.2, 0) is 14.8 Å². The number of nitrogens with one attached hydrogen (secondary N) is 1. The molecule has 0 bridgehead atoms. The third-order valence-electron chi connectivity index (χ3n) is 4.06. The molecular weight excluding hydrogens is 398 g/mol. The quantitative estimate of drug-likeness (QED) is 0.495. The number of carbonyl (C=O) groups is 1. The lowest BCUT2D eigenvalue weighted by Crippen LogP contribution is -2.36. The van der Waals surface area contributed by atoms with Gasteiger partial charge in [0, 0.05) is 12.1 Å². The molecule has 0 saturated heterocycles. The maximum atomic E-state index is 12.5. The molecule has 0 atom stereocenters. The molecule has 6 nitrogen and oxygen atoms in total. The van der Waals surface area contributed by atoms with Gasteiger partial charge >= 0.3 is 0 Å².